The van der Waals surface area contributed by atoms with E-state index in [1.165, 1.54) is 0 Å². The lowest BCUT2D eigenvalue weighted by molar-refractivity contribution is -0.143. The van der Waals surface area contributed by atoms with Crippen LogP contribution >= 0.6 is 0 Å². The number of aliphatic hydroxyl groups excluding tert-OH is 1. The summed E-state index contributed by atoms with van der Waals surface area (Å²) < 4.78 is 17.7. The third-order valence-electron chi connectivity index (χ3n) is 6.57. The minimum Gasteiger partial charge on any atom is -0.457 e. The van der Waals surface area contributed by atoms with Crippen molar-refractivity contribution in [1.29, 1.82) is 0 Å². The summed E-state index contributed by atoms with van der Waals surface area (Å²) in [6, 6.07) is 17.7. The topological polar surface area (TPSA) is 203 Å². The highest BCUT2D eigenvalue weighted by atomic mass is 16.5. The fourth-order valence-corrected chi connectivity index (χ4v) is 4.32. The summed E-state index contributed by atoms with van der Waals surface area (Å²) in [5.74, 6) is 0.578. The zero-order valence-electron chi connectivity index (χ0n) is 22.6. The third-order valence-corrected chi connectivity index (χ3v) is 6.57. The smallest absolute Gasteiger partial charge is 0.314 e. The van der Waals surface area contributed by atoms with Crippen molar-refractivity contribution in [3.63, 3.8) is 0 Å². The summed E-state index contributed by atoms with van der Waals surface area (Å²) in [6.07, 6.45) is 0.935. The standard InChI is InChI=1S/C29H31N5O8/c30-27(32-38)18-1-5-21(6-2-18)40-23-15-24(41-22-7-3-19(4-8-22)28(31)33-39)17-25(16-23)42-29(37)20-9-12-34(13-10-20)26(36)11-14-35/h1-8,15-17,20,35,38-39H,9-14H2,(H2,30,32)(H2,31,33). The lowest BCUT2D eigenvalue weighted by Gasteiger charge is -2.30. The molecule has 0 aromatic heterocycles. The Bertz CT molecular complexity index is 1370. The molecule has 1 aliphatic rings. The Balaban J connectivity index is 1.53. The molecular formula is C29H31N5O8. The van der Waals surface area contributed by atoms with Crippen LogP contribution in [0.3, 0.4) is 0 Å². The first-order valence-corrected chi connectivity index (χ1v) is 13.1. The number of rotatable bonds is 10. The number of benzene rings is 3. The molecular weight excluding hydrogens is 546 g/mol. The van der Waals surface area contributed by atoms with Crippen LogP contribution < -0.4 is 25.7 Å². The first kappa shape index (κ1) is 29.7. The van der Waals surface area contributed by atoms with Crippen LogP contribution in [0.5, 0.6) is 28.7 Å². The first-order chi connectivity index (χ1) is 20.3. The van der Waals surface area contributed by atoms with Crippen LogP contribution in [0.2, 0.25) is 0 Å². The predicted molar refractivity (Wildman–Crippen MR) is 151 cm³/mol. The van der Waals surface area contributed by atoms with E-state index in [0.717, 1.165) is 0 Å². The zero-order valence-corrected chi connectivity index (χ0v) is 22.6. The van der Waals surface area contributed by atoms with Gasteiger partial charge in [0.25, 0.3) is 0 Å². The minimum absolute atomic E-state index is 0.0484. The zero-order chi connectivity index (χ0) is 30.1. The lowest BCUT2D eigenvalue weighted by Crippen LogP contribution is -2.41. The van der Waals surface area contributed by atoms with Gasteiger partial charge in [-0.15, -0.1) is 0 Å². The number of amidine groups is 2. The Kier molecular flexibility index (Phi) is 9.79. The first-order valence-electron chi connectivity index (χ1n) is 13.1. The number of carbonyl (C=O) groups excluding carboxylic acids is 2. The molecule has 4 rings (SSSR count). The van der Waals surface area contributed by atoms with E-state index < -0.39 is 11.9 Å². The molecule has 0 spiro atoms. The average Bonchev–Trinajstić information content (AvgIpc) is 3.01. The second kappa shape index (κ2) is 13.9. The van der Waals surface area contributed by atoms with E-state index in [2.05, 4.69) is 10.3 Å². The summed E-state index contributed by atoms with van der Waals surface area (Å²) in [5, 5.41) is 32.7. The van der Waals surface area contributed by atoms with E-state index in [-0.39, 0.29) is 36.4 Å². The van der Waals surface area contributed by atoms with Gasteiger partial charge in [0, 0.05) is 48.8 Å². The molecule has 0 aliphatic carbocycles. The molecule has 1 aliphatic heterocycles. The van der Waals surface area contributed by atoms with Gasteiger partial charge >= 0.3 is 5.97 Å². The maximum absolute atomic E-state index is 13.0. The quantitative estimate of drug-likeness (QED) is 0.0595. The van der Waals surface area contributed by atoms with E-state index >= 15 is 0 Å². The number of oxime groups is 2. The van der Waals surface area contributed by atoms with Crippen LogP contribution in [-0.4, -0.2) is 63.7 Å². The highest BCUT2D eigenvalue weighted by molar-refractivity contribution is 5.97. The van der Waals surface area contributed by atoms with Crippen LogP contribution in [0.25, 0.3) is 0 Å². The number of carbonyl (C=O) groups is 2. The molecule has 1 fully saturated rings. The fraction of sp³-hybridized carbons (Fsp3) is 0.241. The Morgan fingerprint density at radius 1 is 0.762 bits per heavy atom. The highest BCUT2D eigenvalue weighted by Crippen LogP contribution is 2.34. The van der Waals surface area contributed by atoms with Gasteiger partial charge in [-0.3, -0.25) is 9.59 Å². The maximum atomic E-state index is 13.0. The molecule has 42 heavy (non-hydrogen) atoms. The fourth-order valence-electron chi connectivity index (χ4n) is 4.32. The normalized spacial score (nSPS) is 14.4. The van der Waals surface area contributed by atoms with Gasteiger partial charge in [-0.25, -0.2) is 0 Å². The minimum atomic E-state index is -0.446. The van der Waals surface area contributed by atoms with Crippen molar-refractivity contribution in [2.45, 2.75) is 19.3 Å². The molecule has 0 unspecified atom stereocenters. The van der Waals surface area contributed by atoms with Gasteiger partial charge in [0.1, 0.15) is 28.7 Å². The molecule has 220 valence electrons. The summed E-state index contributed by atoms with van der Waals surface area (Å²) in [5.41, 5.74) is 12.2. The molecule has 0 saturated carbocycles. The van der Waals surface area contributed by atoms with Crippen molar-refractivity contribution >= 4 is 23.5 Å². The third kappa shape index (κ3) is 7.67. The van der Waals surface area contributed by atoms with Crippen molar-refractivity contribution in [1.82, 2.24) is 4.90 Å². The van der Waals surface area contributed by atoms with E-state index in [0.29, 0.717) is 60.1 Å². The number of likely N-dealkylation sites (tertiary alicyclic amines) is 1. The Hall–Kier alpha value is -5.30. The summed E-state index contributed by atoms with van der Waals surface area (Å²) in [6.45, 7) is 0.589. The van der Waals surface area contributed by atoms with Gasteiger partial charge in [0.2, 0.25) is 5.91 Å². The van der Waals surface area contributed by atoms with Gasteiger partial charge < -0.3 is 46.1 Å². The largest absolute Gasteiger partial charge is 0.457 e. The van der Waals surface area contributed by atoms with Crippen LogP contribution in [0.1, 0.15) is 30.4 Å². The van der Waals surface area contributed by atoms with Crippen molar-refractivity contribution in [2.75, 3.05) is 19.7 Å². The van der Waals surface area contributed by atoms with Gasteiger partial charge in [-0.2, -0.15) is 0 Å². The molecule has 1 saturated heterocycles. The summed E-state index contributed by atoms with van der Waals surface area (Å²) in [7, 11) is 0. The SMILES string of the molecule is NC(=NO)c1ccc(Oc2cc(OC(=O)C3CCN(C(=O)CCO)CC3)cc(Oc3ccc(C(N)=NO)cc3)c2)cc1. The molecule has 13 nitrogen and oxygen atoms in total. The van der Waals surface area contributed by atoms with Crippen molar-refractivity contribution < 1.29 is 39.3 Å². The number of ether oxygens (including phenoxy) is 3. The Morgan fingerprint density at radius 2 is 1.21 bits per heavy atom. The number of hydrogen-bond acceptors (Lipinski definition) is 10. The van der Waals surface area contributed by atoms with E-state index in [4.69, 9.17) is 41.2 Å². The van der Waals surface area contributed by atoms with Gasteiger partial charge in [-0.05, 0) is 61.4 Å². The number of nitrogens with two attached hydrogens (primary N) is 2. The number of hydrogen-bond donors (Lipinski definition) is 5. The molecule has 0 atom stereocenters. The Labute approximate surface area is 241 Å². The lowest BCUT2D eigenvalue weighted by atomic mass is 9.97. The number of esters is 1. The van der Waals surface area contributed by atoms with E-state index in [1.807, 2.05) is 0 Å². The van der Waals surface area contributed by atoms with Crippen molar-refractivity contribution in [3.05, 3.63) is 77.9 Å². The summed E-state index contributed by atoms with van der Waals surface area (Å²) >= 11 is 0. The number of amides is 1. The number of aliphatic hydroxyl groups is 1. The second-order valence-electron chi connectivity index (χ2n) is 9.41. The maximum Gasteiger partial charge on any atom is 0.314 e. The predicted octanol–water partition coefficient (Wildman–Crippen LogP) is 2.99. The van der Waals surface area contributed by atoms with Crippen LogP contribution in [0, 0.1) is 5.92 Å². The van der Waals surface area contributed by atoms with Crippen LogP contribution in [-0.2, 0) is 9.59 Å². The van der Waals surface area contributed by atoms with Gasteiger partial charge in [0.05, 0.1) is 12.5 Å². The molecule has 1 amide bonds. The molecule has 0 bridgehead atoms. The van der Waals surface area contributed by atoms with Crippen molar-refractivity contribution in [3.8, 4) is 28.7 Å². The highest BCUT2D eigenvalue weighted by Gasteiger charge is 2.28. The second-order valence-corrected chi connectivity index (χ2v) is 9.41. The van der Waals surface area contributed by atoms with Gasteiger partial charge in [-0.1, -0.05) is 10.3 Å². The molecule has 0 radical (unpaired) electrons. The Morgan fingerprint density at radius 3 is 1.64 bits per heavy atom. The molecule has 7 N–H and O–H groups in total. The number of piperidine rings is 1. The molecule has 1 heterocycles. The average molecular weight is 578 g/mol. The monoisotopic (exact) mass is 577 g/mol. The molecule has 13 heteroatoms. The number of nitrogens with zero attached hydrogens (tertiary/aromatic N) is 3. The van der Waals surface area contributed by atoms with E-state index in [9.17, 15) is 9.59 Å². The molecule has 3 aromatic rings. The summed E-state index contributed by atoms with van der Waals surface area (Å²) in [4.78, 5) is 26.7. The van der Waals surface area contributed by atoms with Crippen molar-refractivity contribution in [2.24, 2.45) is 27.7 Å². The van der Waals surface area contributed by atoms with Crippen LogP contribution in [0.4, 0.5) is 0 Å². The van der Waals surface area contributed by atoms with Gasteiger partial charge in [0.15, 0.2) is 11.7 Å². The van der Waals surface area contributed by atoms with Crippen LogP contribution in [0.15, 0.2) is 77.0 Å². The van der Waals surface area contributed by atoms with E-state index in [1.54, 1.807) is 71.6 Å². The molecule has 3 aromatic carbocycles.